The number of anilines is 2. The van der Waals surface area contributed by atoms with E-state index in [0.717, 1.165) is 63.6 Å². The number of amides is 1. The van der Waals surface area contributed by atoms with Gasteiger partial charge in [0, 0.05) is 55.8 Å². The molecule has 5 rings (SSSR count). The second kappa shape index (κ2) is 8.25. The number of carbonyl (C=O) groups excluding carboxylic acids is 2. The highest BCUT2D eigenvalue weighted by Crippen LogP contribution is 2.44. The monoisotopic (exact) mass is 458 g/mol. The first-order valence-corrected chi connectivity index (χ1v) is 11.3. The zero-order valence-electron chi connectivity index (χ0n) is 18.5. The molecule has 9 heteroatoms. The number of nitrogens with one attached hydrogen (secondary N) is 1. The van der Waals surface area contributed by atoms with E-state index >= 15 is 0 Å². The number of rotatable bonds is 5. The van der Waals surface area contributed by atoms with Crippen molar-refractivity contribution in [3.8, 4) is 27.5 Å². The molecule has 0 bridgehead atoms. The van der Waals surface area contributed by atoms with Gasteiger partial charge in [-0.1, -0.05) is 11.3 Å². The molecule has 0 unspecified atom stereocenters. The van der Waals surface area contributed by atoms with Crippen molar-refractivity contribution in [3.05, 3.63) is 59.5 Å². The highest BCUT2D eigenvalue weighted by Gasteiger charge is 2.30. The number of aryl methyl sites for hydroxylation is 1. The van der Waals surface area contributed by atoms with Crippen molar-refractivity contribution in [2.45, 2.75) is 19.8 Å². The molecule has 0 aliphatic heterocycles. The maximum Gasteiger partial charge on any atom is 0.223 e. The summed E-state index contributed by atoms with van der Waals surface area (Å²) in [6.45, 7) is 1.48. The molecule has 1 aromatic carbocycles. The molecule has 8 nitrogen and oxygen atoms in total. The van der Waals surface area contributed by atoms with E-state index < -0.39 is 0 Å². The average molecular weight is 459 g/mol. The predicted octanol–water partition coefficient (Wildman–Crippen LogP) is 3.99. The predicted molar refractivity (Wildman–Crippen MR) is 129 cm³/mol. The Balaban J connectivity index is 1.75. The zero-order chi connectivity index (χ0) is 23.1. The quantitative estimate of drug-likeness (QED) is 0.455. The standard InChI is InChI=1S/C24H22N6O2S/c1-14(32)26-24-27-19-9-8-18-21(15-5-4-10-25-12-15)28-30(22(18)23(19)33-24)17-7-6-16(13-31)20(11-17)29(2)3/h4-7,10-13H,8-9H2,1-3H3,(H,26,27,32). The number of pyridine rings is 1. The maximum atomic E-state index is 11.6. The van der Waals surface area contributed by atoms with Crippen LogP contribution < -0.4 is 10.2 Å². The van der Waals surface area contributed by atoms with Crippen molar-refractivity contribution in [3.63, 3.8) is 0 Å². The van der Waals surface area contributed by atoms with Crippen LogP contribution in [0, 0.1) is 0 Å². The first-order chi connectivity index (χ1) is 16.0. The van der Waals surface area contributed by atoms with E-state index in [1.807, 2.05) is 60.2 Å². The second-order valence-corrected chi connectivity index (χ2v) is 9.06. The average Bonchev–Trinajstić information content (AvgIpc) is 3.39. The van der Waals surface area contributed by atoms with Gasteiger partial charge in [-0.25, -0.2) is 9.67 Å². The summed E-state index contributed by atoms with van der Waals surface area (Å²) in [6.07, 6.45) is 5.97. The number of carbonyl (C=O) groups is 2. The Labute approximate surface area is 194 Å². The Morgan fingerprint density at radius 2 is 2.09 bits per heavy atom. The van der Waals surface area contributed by atoms with Gasteiger partial charge in [-0.15, -0.1) is 0 Å². The number of hydrogen-bond acceptors (Lipinski definition) is 7. The van der Waals surface area contributed by atoms with E-state index in [1.165, 1.54) is 18.3 Å². The molecule has 4 aromatic rings. The van der Waals surface area contributed by atoms with Gasteiger partial charge in [-0.05, 0) is 43.2 Å². The number of benzene rings is 1. The van der Waals surface area contributed by atoms with Gasteiger partial charge in [-0.3, -0.25) is 14.6 Å². The van der Waals surface area contributed by atoms with Gasteiger partial charge in [-0.2, -0.15) is 5.10 Å². The van der Waals surface area contributed by atoms with Crippen LogP contribution in [-0.4, -0.2) is 46.0 Å². The molecule has 0 radical (unpaired) electrons. The molecule has 1 aliphatic rings. The Morgan fingerprint density at radius 3 is 2.79 bits per heavy atom. The summed E-state index contributed by atoms with van der Waals surface area (Å²) >= 11 is 1.46. The first kappa shape index (κ1) is 21.0. The fourth-order valence-corrected chi connectivity index (χ4v) is 5.26. The third-order valence-electron chi connectivity index (χ3n) is 5.59. The molecule has 0 spiro atoms. The van der Waals surface area contributed by atoms with Crippen LogP contribution in [0.1, 0.15) is 28.5 Å². The van der Waals surface area contributed by atoms with Gasteiger partial charge in [0.1, 0.15) is 0 Å². The van der Waals surface area contributed by atoms with Gasteiger partial charge in [0.2, 0.25) is 5.91 Å². The molecule has 166 valence electrons. The fourth-order valence-electron chi connectivity index (χ4n) is 4.15. The van der Waals surface area contributed by atoms with Crippen LogP contribution in [-0.2, 0) is 17.6 Å². The second-order valence-electron chi connectivity index (χ2n) is 8.06. The van der Waals surface area contributed by atoms with Crippen molar-refractivity contribution in [2.24, 2.45) is 0 Å². The molecule has 0 saturated heterocycles. The van der Waals surface area contributed by atoms with Crippen LogP contribution in [0.25, 0.3) is 27.5 Å². The molecular formula is C24H22N6O2S. The maximum absolute atomic E-state index is 11.6. The number of aromatic nitrogens is 4. The Kier molecular flexibility index (Phi) is 5.26. The fraction of sp³-hybridized carbons (Fsp3) is 0.208. The molecule has 0 saturated carbocycles. The number of thiazole rings is 1. The summed E-state index contributed by atoms with van der Waals surface area (Å²) in [7, 11) is 3.82. The topological polar surface area (TPSA) is 93.0 Å². The third kappa shape index (κ3) is 3.70. The van der Waals surface area contributed by atoms with Crippen LogP contribution in [0.15, 0.2) is 42.7 Å². The third-order valence-corrected chi connectivity index (χ3v) is 6.61. The zero-order valence-corrected chi connectivity index (χ0v) is 19.3. The highest BCUT2D eigenvalue weighted by atomic mass is 32.1. The van der Waals surface area contributed by atoms with E-state index in [9.17, 15) is 9.59 Å². The van der Waals surface area contributed by atoms with Crippen LogP contribution in [0.4, 0.5) is 10.8 Å². The molecule has 1 amide bonds. The molecule has 3 heterocycles. The van der Waals surface area contributed by atoms with Crippen molar-refractivity contribution in [1.29, 1.82) is 0 Å². The van der Waals surface area contributed by atoms with Crippen molar-refractivity contribution < 1.29 is 9.59 Å². The summed E-state index contributed by atoms with van der Waals surface area (Å²) in [4.78, 5) is 35.0. The number of aldehydes is 1. The molecular weight excluding hydrogens is 436 g/mol. The van der Waals surface area contributed by atoms with Gasteiger partial charge in [0.25, 0.3) is 0 Å². The molecule has 33 heavy (non-hydrogen) atoms. The minimum Gasteiger partial charge on any atom is -0.377 e. The summed E-state index contributed by atoms with van der Waals surface area (Å²) in [5.41, 5.74) is 7.14. The number of fused-ring (bicyclic) bond motifs is 3. The Bertz CT molecular complexity index is 1370. The lowest BCUT2D eigenvalue weighted by Crippen LogP contribution is -2.12. The first-order valence-electron chi connectivity index (χ1n) is 10.5. The van der Waals surface area contributed by atoms with Gasteiger partial charge in [0.15, 0.2) is 11.4 Å². The lowest BCUT2D eigenvalue weighted by atomic mass is 9.95. The summed E-state index contributed by atoms with van der Waals surface area (Å²) in [5.74, 6) is -0.147. The van der Waals surface area contributed by atoms with Crippen molar-refractivity contribution in [2.75, 3.05) is 24.3 Å². The van der Waals surface area contributed by atoms with Crippen molar-refractivity contribution in [1.82, 2.24) is 19.7 Å². The van der Waals surface area contributed by atoms with Gasteiger partial charge >= 0.3 is 0 Å². The number of nitrogens with zero attached hydrogens (tertiary/aromatic N) is 5. The molecule has 0 fully saturated rings. The summed E-state index contributed by atoms with van der Waals surface area (Å²) in [5, 5.41) is 8.42. The largest absolute Gasteiger partial charge is 0.377 e. The normalized spacial score (nSPS) is 12.1. The van der Waals surface area contributed by atoms with Gasteiger partial charge < -0.3 is 10.2 Å². The van der Waals surface area contributed by atoms with E-state index in [-0.39, 0.29) is 5.91 Å². The van der Waals surface area contributed by atoms with E-state index in [2.05, 4.69) is 15.3 Å². The molecule has 1 N–H and O–H groups in total. The Morgan fingerprint density at radius 1 is 1.24 bits per heavy atom. The number of hydrogen-bond donors (Lipinski definition) is 1. The van der Waals surface area contributed by atoms with Crippen LogP contribution >= 0.6 is 11.3 Å². The van der Waals surface area contributed by atoms with Crippen LogP contribution in [0.5, 0.6) is 0 Å². The summed E-state index contributed by atoms with van der Waals surface area (Å²) < 4.78 is 1.92. The lowest BCUT2D eigenvalue weighted by Gasteiger charge is -2.18. The minimum absolute atomic E-state index is 0.147. The smallest absolute Gasteiger partial charge is 0.223 e. The molecule has 0 atom stereocenters. The molecule has 1 aliphatic carbocycles. The summed E-state index contributed by atoms with van der Waals surface area (Å²) in [6, 6.07) is 9.59. The van der Waals surface area contributed by atoms with Crippen molar-refractivity contribution >= 4 is 34.3 Å². The van der Waals surface area contributed by atoms with E-state index in [4.69, 9.17) is 5.10 Å². The Hall–Kier alpha value is -3.85. The SMILES string of the molecule is CC(=O)Nc1nc2c(s1)-c1c(c(-c3cccnc3)nn1-c1ccc(C=O)c(N(C)C)c1)CC2. The van der Waals surface area contributed by atoms with E-state index in [0.29, 0.717) is 10.7 Å². The molecule has 3 aromatic heterocycles. The van der Waals surface area contributed by atoms with Crippen LogP contribution in [0.2, 0.25) is 0 Å². The highest BCUT2D eigenvalue weighted by molar-refractivity contribution is 7.19. The minimum atomic E-state index is -0.147. The van der Waals surface area contributed by atoms with Gasteiger partial charge in [0.05, 0.1) is 27.6 Å². The van der Waals surface area contributed by atoms with E-state index in [1.54, 1.807) is 6.20 Å². The van der Waals surface area contributed by atoms with Crippen LogP contribution in [0.3, 0.4) is 0 Å². The lowest BCUT2D eigenvalue weighted by molar-refractivity contribution is -0.114.